The van der Waals surface area contributed by atoms with Crippen LogP contribution in [0.3, 0.4) is 0 Å². The summed E-state index contributed by atoms with van der Waals surface area (Å²) in [5.74, 6) is -3.77. The van der Waals surface area contributed by atoms with Crippen molar-refractivity contribution in [2.24, 2.45) is 0 Å². The fourth-order valence-corrected chi connectivity index (χ4v) is 1.87. The third kappa shape index (κ3) is 3.36. The van der Waals surface area contributed by atoms with Crippen LogP contribution in [-0.4, -0.2) is 11.9 Å². The van der Waals surface area contributed by atoms with Crippen LogP contribution in [0.2, 0.25) is 5.02 Å². The second-order valence-corrected chi connectivity index (χ2v) is 4.71. The van der Waals surface area contributed by atoms with Gasteiger partial charge in [-0.15, -0.1) is 0 Å². The van der Waals surface area contributed by atoms with Crippen molar-refractivity contribution in [1.82, 2.24) is 0 Å². The lowest BCUT2D eigenvalue weighted by Gasteiger charge is -2.14. The number of halogens is 4. The second-order valence-electron chi connectivity index (χ2n) is 4.31. The highest BCUT2D eigenvalue weighted by Crippen LogP contribution is 2.25. The van der Waals surface area contributed by atoms with Crippen molar-refractivity contribution in [3.05, 3.63) is 64.4 Å². The number of carbonyl (C=O) groups excluding carboxylic acids is 1. The van der Waals surface area contributed by atoms with Crippen molar-refractivity contribution in [2.45, 2.75) is 13.0 Å². The third-order valence-corrected chi connectivity index (χ3v) is 3.09. The number of carbonyl (C=O) groups is 1. The Balaban J connectivity index is 2.19. The molecule has 0 amide bonds. The van der Waals surface area contributed by atoms with E-state index in [9.17, 15) is 18.0 Å². The van der Waals surface area contributed by atoms with Crippen LogP contribution in [0.4, 0.5) is 13.2 Å². The van der Waals surface area contributed by atoms with Crippen molar-refractivity contribution in [3.8, 4) is 5.75 Å². The molecule has 0 saturated heterocycles. The van der Waals surface area contributed by atoms with E-state index in [0.29, 0.717) is 0 Å². The quantitative estimate of drug-likeness (QED) is 0.781. The molecular formula is C15H10ClF3O2. The number of ether oxygens (including phenoxy) is 1. The minimum absolute atomic E-state index is 0.0659. The van der Waals surface area contributed by atoms with E-state index in [1.165, 1.54) is 25.1 Å². The van der Waals surface area contributed by atoms with Crippen LogP contribution in [0.1, 0.15) is 17.3 Å². The number of benzene rings is 2. The van der Waals surface area contributed by atoms with Gasteiger partial charge in [-0.1, -0.05) is 17.7 Å². The molecule has 1 unspecified atom stereocenters. The van der Waals surface area contributed by atoms with Crippen molar-refractivity contribution in [3.63, 3.8) is 0 Å². The molecule has 0 aliphatic rings. The van der Waals surface area contributed by atoms with E-state index in [4.69, 9.17) is 16.3 Å². The maximum Gasteiger partial charge on any atom is 0.203 e. The van der Waals surface area contributed by atoms with Crippen LogP contribution in [0.25, 0.3) is 0 Å². The molecule has 0 spiro atoms. The Kier molecular flexibility index (Phi) is 4.53. The van der Waals surface area contributed by atoms with Crippen molar-refractivity contribution in [1.29, 1.82) is 0 Å². The van der Waals surface area contributed by atoms with Crippen molar-refractivity contribution in [2.75, 3.05) is 0 Å². The van der Waals surface area contributed by atoms with Gasteiger partial charge in [0.25, 0.3) is 0 Å². The predicted molar refractivity (Wildman–Crippen MR) is 72.2 cm³/mol. The van der Waals surface area contributed by atoms with E-state index in [1.54, 1.807) is 0 Å². The zero-order chi connectivity index (χ0) is 15.6. The van der Waals surface area contributed by atoms with Crippen LogP contribution < -0.4 is 4.74 Å². The van der Waals surface area contributed by atoms with E-state index in [0.717, 1.165) is 18.2 Å². The first-order valence-corrected chi connectivity index (χ1v) is 6.38. The number of hydrogen-bond acceptors (Lipinski definition) is 2. The van der Waals surface area contributed by atoms with E-state index in [-0.39, 0.29) is 16.3 Å². The molecule has 2 aromatic rings. The van der Waals surface area contributed by atoms with E-state index in [2.05, 4.69) is 0 Å². The fourth-order valence-electron chi connectivity index (χ4n) is 1.70. The molecule has 0 fully saturated rings. The Labute approximate surface area is 124 Å². The molecule has 0 N–H and O–H groups in total. The normalized spacial score (nSPS) is 12.0. The van der Waals surface area contributed by atoms with Crippen molar-refractivity contribution >= 4 is 17.4 Å². The lowest BCUT2D eigenvalue weighted by molar-refractivity contribution is 0.0811. The summed E-state index contributed by atoms with van der Waals surface area (Å²) in [6.45, 7) is 1.38. The molecule has 0 bridgehead atoms. The van der Waals surface area contributed by atoms with Gasteiger partial charge >= 0.3 is 0 Å². The minimum Gasteiger partial charge on any atom is -0.479 e. The Morgan fingerprint density at radius 3 is 2.52 bits per heavy atom. The molecule has 21 heavy (non-hydrogen) atoms. The van der Waals surface area contributed by atoms with Crippen LogP contribution in [0, 0.1) is 17.5 Å². The number of rotatable bonds is 4. The molecule has 6 heteroatoms. The first-order valence-electron chi connectivity index (χ1n) is 6.00. The Bertz CT molecular complexity index is 689. The molecule has 110 valence electrons. The number of ketones is 1. The van der Waals surface area contributed by atoms with E-state index >= 15 is 0 Å². The van der Waals surface area contributed by atoms with Gasteiger partial charge in [0.2, 0.25) is 5.78 Å². The first-order chi connectivity index (χ1) is 9.90. The van der Waals surface area contributed by atoms with Crippen LogP contribution in [0.15, 0.2) is 36.4 Å². The van der Waals surface area contributed by atoms with Gasteiger partial charge in [-0.25, -0.2) is 13.2 Å². The molecule has 0 aliphatic heterocycles. The summed E-state index contributed by atoms with van der Waals surface area (Å²) >= 11 is 5.60. The van der Waals surface area contributed by atoms with Gasteiger partial charge in [0, 0.05) is 5.56 Å². The molecule has 0 aliphatic carbocycles. The van der Waals surface area contributed by atoms with Crippen LogP contribution >= 0.6 is 11.6 Å². The predicted octanol–water partition coefficient (Wildman–Crippen LogP) is 4.41. The molecule has 1 atom stereocenters. The lowest BCUT2D eigenvalue weighted by Crippen LogP contribution is -2.24. The molecule has 2 rings (SSSR count). The molecule has 2 aromatic carbocycles. The smallest absolute Gasteiger partial charge is 0.203 e. The summed E-state index contributed by atoms with van der Waals surface area (Å²) in [6, 6.07) is 6.87. The highest BCUT2D eigenvalue weighted by molar-refractivity contribution is 6.30. The van der Waals surface area contributed by atoms with Crippen molar-refractivity contribution < 1.29 is 22.7 Å². The largest absolute Gasteiger partial charge is 0.479 e. The summed E-state index contributed by atoms with van der Waals surface area (Å²) in [7, 11) is 0. The molecule has 0 saturated carbocycles. The molecule has 0 radical (unpaired) electrons. The van der Waals surface area contributed by atoms with Crippen LogP contribution in [-0.2, 0) is 0 Å². The third-order valence-electron chi connectivity index (χ3n) is 2.79. The van der Waals surface area contributed by atoms with Crippen LogP contribution in [0.5, 0.6) is 5.75 Å². The Morgan fingerprint density at radius 2 is 1.86 bits per heavy atom. The monoisotopic (exact) mass is 314 g/mol. The topological polar surface area (TPSA) is 26.3 Å². The number of Topliss-reactive ketones (excluding diaryl/α,β-unsaturated/α-hetero) is 1. The molecular weight excluding hydrogens is 305 g/mol. The highest BCUT2D eigenvalue weighted by atomic mass is 35.5. The fraction of sp³-hybridized carbons (Fsp3) is 0.133. The summed E-state index contributed by atoms with van der Waals surface area (Å²) in [5.41, 5.74) is -0.0659. The average Bonchev–Trinajstić information content (AvgIpc) is 2.46. The summed E-state index contributed by atoms with van der Waals surface area (Å²) in [4.78, 5) is 12.0. The lowest BCUT2D eigenvalue weighted by atomic mass is 10.1. The highest BCUT2D eigenvalue weighted by Gasteiger charge is 2.20. The second kappa shape index (κ2) is 6.18. The van der Waals surface area contributed by atoms with E-state index in [1.807, 2.05) is 0 Å². The van der Waals surface area contributed by atoms with Gasteiger partial charge in [-0.2, -0.15) is 0 Å². The standard InChI is InChI=1S/C15H10ClF3O2/c1-8(21-13-4-2-3-10(16)14(13)19)15(20)9-5-6-11(17)12(18)7-9/h2-8H,1H3. The van der Waals surface area contributed by atoms with Gasteiger partial charge in [-0.05, 0) is 37.3 Å². The maximum absolute atomic E-state index is 13.7. The minimum atomic E-state index is -1.14. The average molecular weight is 315 g/mol. The zero-order valence-electron chi connectivity index (χ0n) is 10.9. The molecule has 0 heterocycles. The Morgan fingerprint density at radius 1 is 1.14 bits per heavy atom. The maximum atomic E-state index is 13.7. The van der Waals surface area contributed by atoms with Gasteiger partial charge in [0.15, 0.2) is 29.3 Å². The van der Waals surface area contributed by atoms with Gasteiger partial charge in [0.1, 0.15) is 0 Å². The summed E-state index contributed by atoms with van der Waals surface area (Å²) in [6.07, 6.45) is -1.08. The molecule has 2 nitrogen and oxygen atoms in total. The zero-order valence-corrected chi connectivity index (χ0v) is 11.6. The molecule has 0 aromatic heterocycles. The van der Waals surface area contributed by atoms with Gasteiger partial charge in [0.05, 0.1) is 5.02 Å². The van der Waals surface area contributed by atoms with Gasteiger partial charge < -0.3 is 4.74 Å². The Hall–Kier alpha value is -2.01. The number of hydrogen-bond donors (Lipinski definition) is 0. The summed E-state index contributed by atoms with van der Waals surface area (Å²) < 4.78 is 44.8. The first kappa shape index (κ1) is 15.4. The summed E-state index contributed by atoms with van der Waals surface area (Å²) in [5, 5.41) is -0.139. The SMILES string of the molecule is CC(Oc1cccc(Cl)c1F)C(=O)c1ccc(F)c(F)c1. The van der Waals surface area contributed by atoms with E-state index < -0.39 is 29.3 Å². The van der Waals surface area contributed by atoms with Gasteiger partial charge in [-0.3, -0.25) is 4.79 Å².